The molecule has 1 fully saturated rings. The van der Waals surface area contributed by atoms with Gasteiger partial charge in [-0.3, -0.25) is 19.1 Å². The molecule has 0 bridgehead atoms. The Kier molecular flexibility index (Phi) is 4.48. The Bertz CT molecular complexity index is 886. The van der Waals surface area contributed by atoms with Gasteiger partial charge < -0.3 is 9.64 Å². The van der Waals surface area contributed by atoms with Crippen molar-refractivity contribution in [3.8, 4) is 0 Å². The van der Waals surface area contributed by atoms with Gasteiger partial charge in [0.25, 0.3) is 11.5 Å². The van der Waals surface area contributed by atoms with E-state index in [1.165, 1.54) is 16.8 Å². The fourth-order valence-corrected chi connectivity index (χ4v) is 2.91. The Morgan fingerprint density at radius 3 is 2.92 bits per heavy atom. The van der Waals surface area contributed by atoms with Gasteiger partial charge in [0.2, 0.25) is 0 Å². The van der Waals surface area contributed by atoms with E-state index in [9.17, 15) is 14.4 Å². The number of carbonyl (C=O) groups excluding carboxylic acids is 1. The summed E-state index contributed by atoms with van der Waals surface area (Å²) in [5.41, 5.74) is -0.405. The Balaban J connectivity index is 2.00. The maximum absolute atomic E-state index is 12.7. The highest BCUT2D eigenvalue weighted by atomic mass is 16.5. The Hall–Kier alpha value is -2.48. The molecule has 0 aliphatic carbocycles. The molecule has 1 aliphatic heterocycles. The van der Waals surface area contributed by atoms with E-state index in [-0.39, 0.29) is 23.0 Å². The summed E-state index contributed by atoms with van der Waals surface area (Å²) >= 11 is 0. The van der Waals surface area contributed by atoms with Crippen molar-refractivity contribution >= 4 is 16.9 Å². The fraction of sp³-hybridized carbons (Fsp3) is 0.500. The van der Waals surface area contributed by atoms with Gasteiger partial charge in [0.15, 0.2) is 0 Å². The third-order valence-electron chi connectivity index (χ3n) is 4.28. The van der Waals surface area contributed by atoms with Crippen molar-refractivity contribution in [3.05, 3.63) is 38.7 Å². The number of H-pyrrole nitrogens is 1. The van der Waals surface area contributed by atoms with Crippen molar-refractivity contribution in [1.29, 1.82) is 0 Å². The first kappa shape index (κ1) is 16.4. The number of ether oxygens (including phenoxy) is 1. The molecule has 1 atom stereocenters. The van der Waals surface area contributed by atoms with Gasteiger partial charge in [0, 0.05) is 25.8 Å². The minimum atomic E-state index is -0.532. The molecule has 24 heavy (non-hydrogen) atoms. The summed E-state index contributed by atoms with van der Waals surface area (Å²) in [7, 11) is 0. The van der Waals surface area contributed by atoms with E-state index in [1.807, 2.05) is 6.92 Å². The second-order valence-corrected chi connectivity index (χ2v) is 5.75. The zero-order valence-corrected chi connectivity index (χ0v) is 13.7. The van der Waals surface area contributed by atoms with Gasteiger partial charge >= 0.3 is 5.69 Å². The van der Waals surface area contributed by atoms with E-state index < -0.39 is 11.2 Å². The molecular weight excluding hydrogens is 312 g/mol. The van der Waals surface area contributed by atoms with Crippen molar-refractivity contribution in [2.24, 2.45) is 0 Å². The first-order chi connectivity index (χ1) is 11.5. The number of fused-ring (bicyclic) bond motifs is 1. The molecule has 2 aromatic rings. The Labute approximate surface area is 138 Å². The van der Waals surface area contributed by atoms with Crippen LogP contribution in [-0.4, -0.2) is 51.1 Å². The summed E-state index contributed by atoms with van der Waals surface area (Å²) in [5, 5.41) is 0.239. The van der Waals surface area contributed by atoms with Gasteiger partial charge in [-0.15, -0.1) is 0 Å². The predicted octanol–water partition coefficient (Wildman–Crippen LogP) is 0.356. The molecule has 1 saturated heterocycles. The number of amides is 1. The molecule has 0 spiro atoms. The third-order valence-corrected chi connectivity index (χ3v) is 4.28. The minimum Gasteiger partial charge on any atom is -0.375 e. The average molecular weight is 332 g/mol. The third kappa shape index (κ3) is 2.84. The number of nitrogens with zero attached hydrogens (tertiary/aromatic N) is 3. The maximum Gasteiger partial charge on any atom is 0.329 e. The van der Waals surface area contributed by atoms with Gasteiger partial charge in [0.05, 0.1) is 23.7 Å². The van der Waals surface area contributed by atoms with Crippen LogP contribution in [0.4, 0.5) is 0 Å². The molecule has 3 heterocycles. The molecule has 1 aliphatic rings. The molecule has 0 aromatic carbocycles. The van der Waals surface area contributed by atoms with E-state index in [2.05, 4.69) is 9.97 Å². The summed E-state index contributed by atoms with van der Waals surface area (Å²) in [6, 6.07) is 1.51. The monoisotopic (exact) mass is 332 g/mol. The van der Waals surface area contributed by atoms with Gasteiger partial charge in [-0.1, -0.05) is 6.92 Å². The number of pyridine rings is 1. The first-order valence-corrected chi connectivity index (χ1v) is 8.08. The molecule has 1 amide bonds. The summed E-state index contributed by atoms with van der Waals surface area (Å²) < 4.78 is 6.94. The quantitative estimate of drug-likeness (QED) is 0.875. The lowest BCUT2D eigenvalue weighted by molar-refractivity contribution is -0.0226. The smallest absolute Gasteiger partial charge is 0.329 e. The topological polar surface area (TPSA) is 97.3 Å². The number of rotatable bonds is 3. The molecule has 8 heteroatoms. The van der Waals surface area contributed by atoms with Crippen LogP contribution in [0.15, 0.2) is 21.9 Å². The van der Waals surface area contributed by atoms with Crippen molar-refractivity contribution in [2.45, 2.75) is 32.9 Å². The lowest BCUT2D eigenvalue weighted by Crippen LogP contribution is -2.45. The Morgan fingerprint density at radius 1 is 1.42 bits per heavy atom. The molecule has 1 N–H and O–H groups in total. The largest absolute Gasteiger partial charge is 0.375 e. The molecule has 0 saturated carbocycles. The van der Waals surface area contributed by atoms with Crippen molar-refractivity contribution in [1.82, 2.24) is 19.4 Å². The van der Waals surface area contributed by atoms with Crippen LogP contribution < -0.4 is 11.2 Å². The van der Waals surface area contributed by atoms with Crippen LogP contribution in [0.2, 0.25) is 0 Å². The van der Waals surface area contributed by atoms with Crippen LogP contribution in [-0.2, 0) is 11.3 Å². The molecule has 0 radical (unpaired) electrons. The summed E-state index contributed by atoms with van der Waals surface area (Å²) in [6.07, 6.45) is 2.29. The summed E-state index contributed by atoms with van der Waals surface area (Å²) in [5.74, 6) is -0.181. The van der Waals surface area contributed by atoms with E-state index >= 15 is 0 Å². The van der Waals surface area contributed by atoms with Crippen LogP contribution in [0.25, 0.3) is 11.0 Å². The molecule has 128 valence electrons. The van der Waals surface area contributed by atoms with E-state index in [0.717, 1.165) is 6.42 Å². The Morgan fingerprint density at radius 2 is 2.21 bits per heavy atom. The number of hydrogen-bond acceptors (Lipinski definition) is 5. The summed E-state index contributed by atoms with van der Waals surface area (Å²) in [6.45, 7) is 5.73. The minimum absolute atomic E-state index is 0.0322. The zero-order chi connectivity index (χ0) is 17.3. The average Bonchev–Trinajstić information content (AvgIpc) is 2.61. The van der Waals surface area contributed by atoms with Gasteiger partial charge in [-0.25, -0.2) is 9.78 Å². The second-order valence-electron chi connectivity index (χ2n) is 5.75. The van der Waals surface area contributed by atoms with Gasteiger partial charge in [-0.05, 0) is 19.4 Å². The highest BCUT2D eigenvalue weighted by Crippen LogP contribution is 2.14. The number of carbonyl (C=O) groups is 1. The number of morpholine rings is 1. The standard InChI is InChI=1S/C16H20N4O4/c1-3-11-9-19(5-6-24-11)15(22)10-7-12-13(17-8-10)20(4-2)16(23)18-14(12)21/h7-8,11H,3-6,9H2,1-2H3,(H,18,21,23)/t11-/m1/s1. The predicted molar refractivity (Wildman–Crippen MR) is 88.2 cm³/mol. The van der Waals surface area contributed by atoms with Crippen LogP contribution in [0.3, 0.4) is 0 Å². The molecule has 8 nitrogen and oxygen atoms in total. The fourth-order valence-electron chi connectivity index (χ4n) is 2.91. The van der Waals surface area contributed by atoms with Crippen LogP contribution >= 0.6 is 0 Å². The molecule has 0 unspecified atom stereocenters. The van der Waals surface area contributed by atoms with Crippen LogP contribution in [0.1, 0.15) is 30.6 Å². The van der Waals surface area contributed by atoms with Gasteiger partial charge in [-0.2, -0.15) is 0 Å². The normalized spacial score (nSPS) is 18.1. The molecule has 2 aromatic heterocycles. The van der Waals surface area contributed by atoms with Crippen molar-refractivity contribution in [2.75, 3.05) is 19.7 Å². The lowest BCUT2D eigenvalue weighted by Gasteiger charge is -2.32. The molecule has 3 rings (SSSR count). The number of aryl methyl sites for hydroxylation is 1. The summed E-state index contributed by atoms with van der Waals surface area (Å²) in [4.78, 5) is 44.7. The molecular formula is C16H20N4O4. The SMILES string of the molecule is CC[C@@H]1CN(C(=O)c2cnc3c(c2)c(=O)[nH]c(=O)n3CC)CCO1. The van der Waals surface area contributed by atoms with Crippen molar-refractivity contribution in [3.63, 3.8) is 0 Å². The number of aromatic amines is 1. The number of nitrogens with one attached hydrogen (secondary N) is 1. The second kappa shape index (κ2) is 6.56. The van der Waals surface area contributed by atoms with Crippen LogP contribution in [0, 0.1) is 0 Å². The van der Waals surface area contributed by atoms with Crippen LogP contribution in [0.5, 0.6) is 0 Å². The van der Waals surface area contributed by atoms with E-state index in [1.54, 1.807) is 11.8 Å². The van der Waals surface area contributed by atoms with E-state index in [4.69, 9.17) is 4.74 Å². The first-order valence-electron chi connectivity index (χ1n) is 8.08. The van der Waals surface area contributed by atoms with Gasteiger partial charge in [0.1, 0.15) is 5.65 Å². The lowest BCUT2D eigenvalue weighted by atomic mass is 10.1. The number of aromatic nitrogens is 3. The highest BCUT2D eigenvalue weighted by Gasteiger charge is 2.24. The van der Waals surface area contributed by atoms with E-state index in [0.29, 0.717) is 31.8 Å². The van der Waals surface area contributed by atoms with Crippen molar-refractivity contribution < 1.29 is 9.53 Å². The number of hydrogen-bond donors (Lipinski definition) is 1. The highest BCUT2D eigenvalue weighted by molar-refractivity contribution is 5.96. The maximum atomic E-state index is 12.7. The zero-order valence-electron chi connectivity index (χ0n) is 13.7.